The van der Waals surface area contributed by atoms with Crippen LogP contribution in [0.25, 0.3) is 0 Å². The van der Waals surface area contributed by atoms with Gasteiger partial charge in [0.2, 0.25) is 0 Å². The number of aliphatic hydroxyl groups excluding tert-OH is 1. The molecule has 1 heterocycles. The van der Waals surface area contributed by atoms with E-state index in [2.05, 4.69) is 10.5 Å². The van der Waals surface area contributed by atoms with Gasteiger partial charge in [0, 0.05) is 0 Å². The standard InChI is InChI=1S/C4H6O.C3H4NO3.In/c1-3-4(2)5;1-2(5)7-3(4)6;/h1,3-5H,2H2;1H2,(H2,4,6);. The van der Waals surface area contributed by atoms with Crippen molar-refractivity contribution < 1.29 is 19.4 Å². The molecular weight excluding hydrogens is 277 g/mol. The normalized spacial score (nSPS) is 20.4. The van der Waals surface area contributed by atoms with Gasteiger partial charge in [0.05, 0.1) is 0 Å². The molecule has 5 nitrogen and oxygen atoms in total. The van der Waals surface area contributed by atoms with Crippen molar-refractivity contribution in [2.24, 2.45) is 5.73 Å². The molecule has 0 aromatic heterocycles. The third-order valence-corrected chi connectivity index (χ3v) is 9.54. The van der Waals surface area contributed by atoms with Crippen LogP contribution in [0.4, 0.5) is 4.79 Å². The van der Waals surface area contributed by atoms with Crippen LogP contribution in [0.3, 0.4) is 0 Å². The Kier molecular flexibility index (Phi) is 3.80. The van der Waals surface area contributed by atoms with Gasteiger partial charge in [-0.2, -0.15) is 0 Å². The third kappa shape index (κ3) is 3.82. The number of amides is 1. The van der Waals surface area contributed by atoms with E-state index in [0.29, 0.717) is 4.18 Å². The number of hydrogen-bond donors (Lipinski definition) is 2. The maximum atomic E-state index is 10.9. The zero-order chi connectivity index (χ0) is 9.84. The fourth-order valence-electron chi connectivity index (χ4n) is 1.27. The topological polar surface area (TPSA) is 89.6 Å². The molecule has 0 bridgehead atoms. The Labute approximate surface area is 83.1 Å². The van der Waals surface area contributed by atoms with Crippen LogP contribution in [0.1, 0.15) is 0 Å². The van der Waals surface area contributed by atoms with Gasteiger partial charge in [0.25, 0.3) is 0 Å². The number of aliphatic hydroxyl groups is 1. The molecule has 0 saturated carbocycles. The van der Waals surface area contributed by atoms with Crippen LogP contribution in [0, 0.1) is 0 Å². The molecule has 0 saturated heterocycles. The first-order valence-corrected chi connectivity index (χ1v) is 10.5. The summed E-state index contributed by atoms with van der Waals surface area (Å²) in [6.45, 7) is 0. The van der Waals surface area contributed by atoms with Crippen molar-refractivity contribution >= 4 is 33.5 Å². The van der Waals surface area contributed by atoms with Crippen molar-refractivity contribution in [3.8, 4) is 0 Å². The predicted molar refractivity (Wildman–Crippen MR) is 46.2 cm³/mol. The quantitative estimate of drug-likeness (QED) is 0.533. The van der Waals surface area contributed by atoms with Crippen molar-refractivity contribution in [1.29, 1.82) is 0 Å². The average molecular weight is 287 g/mol. The first-order chi connectivity index (χ1) is 6.08. The first-order valence-electron chi connectivity index (χ1n) is 3.94. The van der Waals surface area contributed by atoms with Gasteiger partial charge < -0.3 is 0 Å². The molecule has 0 fully saturated rings. The van der Waals surface area contributed by atoms with E-state index in [-0.39, 0.29) is 4.18 Å². The summed E-state index contributed by atoms with van der Waals surface area (Å²) < 4.78 is 7.12. The van der Waals surface area contributed by atoms with E-state index >= 15 is 0 Å². The summed E-state index contributed by atoms with van der Waals surface area (Å²) in [5.41, 5.74) is 4.67. The molecule has 0 aliphatic carbocycles. The summed E-state index contributed by atoms with van der Waals surface area (Å²) in [5, 5.41) is 9.12. The molecule has 0 aromatic rings. The van der Waals surface area contributed by atoms with E-state index < -0.39 is 39.6 Å². The van der Waals surface area contributed by atoms with Gasteiger partial charge in [-0.05, 0) is 0 Å². The van der Waals surface area contributed by atoms with Crippen molar-refractivity contribution in [3.63, 3.8) is 0 Å². The zero-order valence-electron chi connectivity index (χ0n) is 6.97. The van der Waals surface area contributed by atoms with Crippen LogP contribution in [0.5, 0.6) is 0 Å². The summed E-state index contributed by atoms with van der Waals surface area (Å²) >= 11 is -2.04. The summed E-state index contributed by atoms with van der Waals surface area (Å²) in [6, 6.07) is 0. The molecule has 70 valence electrons. The molecule has 3 N–H and O–H groups in total. The van der Waals surface area contributed by atoms with Gasteiger partial charge in [-0.25, -0.2) is 0 Å². The Morgan fingerprint density at radius 2 is 2.38 bits per heavy atom. The SMILES string of the molecule is NC(=O)OC(=O)[CH2][In]1[CH]=CC(O)[CH2]1. The number of hydrogen-bond acceptors (Lipinski definition) is 4. The Morgan fingerprint density at radius 3 is 2.85 bits per heavy atom. The second-order valence-electron chi connectivity index (χ2n) is 2.95. The number of primary amides is 1. The molecule has 1 aliphatic heterocycles. The van der Waals surface area contributed by atoms with E-state index in [1.54, 1.807) is 6.08 Å². The van der Waals surface area contributed by atoms with Crippen LogP contribution < -0.4 is 5.73 Å². The summed E-state index contributed by atoms with van der Waals surface area (Å²) in [6.07, 6.45) is 0.249. The first kappa shape index (κ1) is 10.6. The van der Waals surface area contributed by atoms with Gasteiger partial charge in [-0.3, -0.25) is 0 Å². The summed E-state index contributed by atoms with van der Waals surface area (Å²) in [4.78, 5) is 21.1. The average Bonchev–Trinajstić information content (AvgIpc) is 2.33. The minimum atomic E-state index is -2.04. The number of carbonyl (C=O) groups excluding carboxylic acids is 2. The van der Waals surface area contributed by atoms with E-state index in [1.165, 1.54) is 0 Å². The Hall–Kier alpha value is -0.490. The van der Waals surface area contributed by atoms with Gasteiger partial charge >= 0.3 is 83.0 Å². The van der Waals surface area contributed by atoms with E-state index in [9.17, 15) is 9.59 Å². The monoisotopic (exact) mass is 287 g/mol. The van der Waals surface area contributed by atoms with Crippen LogP contribution in [0.15, 0.2) is 9.91 Å². The second kappa shape index (κ2) is 4.66. The van der Waals surface area contributed by atoms with Crippen molar-refractivity contribution in [1.82, 2.24) is 0 Å². The molecular formula is C7H10InNO4. The molecule has 0 spiro atoms. The second-order valence-corrected chi connectivity index (χ2v) is 10.9. The van der Waals surface area contributed by atoms with Crippen molar-refractivity contribution in [2.75, 3.05) is 0 Å². The van der Waals surface area contributed by atoms with Gasteiger partial charge in [0.15, 0.2) is 0 Å². The van der Waals surface area contributed by atoms with Gasteiger partial charge in [-0.15, -0.1) is 0 Å². The molecule has 1 amide bonds. The van der Waals surface area contributed by atoms with Gasteiger partial charge in [-0.1, -0.05) is 0 Å². The minimum absolute atomic E-state index is 0.290. The van der Waals surface area contributed by atoms with Gasteiger partial charge in [0.1, 0.15) is 0 Å². The van der Waals surface area contributed by atoms with E-state index in [0.717, 1.165) is 0 Å². The maximum absolute atomic E-state index is 10.9. The zero-order valence-corrected chi connectivity index (χ0v) is 10.3. The number of carbonyl (C=O) groups is 2. The Morgan fingerprint density at radius 1 is 1.69 bits per heavy atom. The Balaban J connectivity index is 2.29. The van der Waals surface area contributed by atoms with E-state index in [4.69, 9.17) is 5.11 Å². The van der Waals surface area contributed by atoms with E-state index in [1.807, 2.05) is 3.83 Å². The van der Waals surface area contributed by atoms with Crippen LogP contribution in [-0.2, 0) is 9.53 Å². The summed E-state index contributed by atoms with van der Waals surface area (Å²) in [7, 11) is 0. The van der Waals surface area contributed by atoms with Crippen LogP contribution in [-0.4, -0.2) is 44.7 Å². The molecule has 1 atom stereocenters. The fourth-order valence-corrected chi connectivity index (χ4v) is 7.89. The van der Waals surface area contributed by atoms with Crippen LogP contribution >= 0.6 is 0 Å². The molecule has 13 heavy (non-hydrogen) atoms. The number of esters is 1. The molecule has 6 heteroatoms. The predicted octanol–water partition coefficient (Wildman–Crippen LogP) is -0.427. The van der Waals surface area contributed by atoms with Crippen molar-refractivity contribution in [3.05, 3.63) is 9.91 Å². The molecule has 1 unspecified atom stereocenters. The fraction of sp³-hybridized carbons (Fsp3) is 0.429. The van der Waals surface area contributed by atoms with Crippen LogP contribution in [0.2, 0.25) is 8.35 Å². The van der Waals surface area contributed by atoms with Crippen molar-refractivity contribution in [2.45, 2.75) is 14.5 Å². The molecule has 0 aromatic carbocycles. The third-order valence-electron chi connectivity index (χ3n) is 1.79. The number of rotatable bonds is 2. The molecule has 1 aliphatic rings. The molecule has 0 radical (unpaired) electrons. The summed E-state index contributed by atoms with van der Waals surface area (Å²) in [5.74, 6) is -0.563. The number of nitrogens with two attached hydrogens (primary N) is 1. The molecule has 1 rings (SSSR count). The Bertz CT molecular complexity index is 253. The number of ether oxygens (including phenoxy) is 1.